The smallest absolute Gasteiger partial charge is 0.120 e. The zero-order chi connectivity index (χ0) is 13.1. The Labute approximate surface area is 119 Å². The van der Waals surface area contributed by atoms with Crippen molar-refractivity contribution in [1.29, 1.82) is 0 Å². The number of benzene rings is 1. The molecule has 0 saturated carbocycles. The molecule has 18 heavy (non-hydrogen) atoms. The highest BCUT2D eigenvalue weighted by atomic mass is 79.9. The molecule has 3 nitrogen and oxygen atoms in total. The number of halogens is 1. The van der Waals surface area contributed by atoms with Crippen LogP contribution in [-0.2, 0) is 0 Å². The molecule has 0 bridgehead atoms. The van der Waals surface area contributed by atoms with Gasteiger partial charge in [-0.05, 0) is 48.1 Å². The summed E-state index contributed by atoms with van der Waals surface area (Å²) in [5.41, 5.74) is 2.08. The molecular formula is C13H15BrN2OS. The predicted octanol–water partition coefficient (Wildman–Crippen LogP) is 3.86. The van der Waals surface area contributed by atoms with Crippen molar-refractivity contribution in [2.24, 2.45) is 0 Å². The van der Waals surface area contributed by atoms with Crippen LogP contribution in [0.15, 0.2) is 28.1 Å². The summed E-state index contributed by atoms with van der Waals surface area (Å²) in [6, 6.07) is 6.20. The van der Waals surface area contributed by atoms with Crippen molar-refractivity contribution in [2.45, 2.75) is 13.0 Å². The van der Waals surface area contributed by atoms with E-state index in [4.69, 9.17) is 4.74 Å². The number of nitrogens with one attached hydrogen (secondary N) is 1. The van der Waals surface area contributed by atoms with Gasteiger partial charge in [0, 0.05) is 15.4 Å². The van der Waals surface area contributed by atoms with Gasteiger partial charge < -0.3 is 10.1 Å². The first-order valence-electron chi connectivity index (χ1n) is 5.62. The Morgan fingerprint density at radius 3 is 2.83 bits per heavy atom. The van der Waals surface area contributed by atoms with Crippen LogP contribution in [-0.4, -0.2) is 19.1 Å². The second-order valence-corrected chi connectivity index (χ2v) is 5.67. The molecule has 96 valence electrons. The topological polar surface area (TPSA) is 34.2 Å². The molecule has 1 unspecified atom stereocenters. The summed E-state index contributed by atoms with van der Waals surface area (Å²) >= 11 is 5.23. The third-order valence-corrected chi connectivity index (χ3v) is 4.46. The zero-order valence-electron chi connectivity index (χ0n) is 10.5. The number of hydrogen-bond acceptors (Lipinski definition) is 4. The fourth-order valence-electron chi connectivity index (χ4n) is 1.56. The van der Waals surface area contributed by atoms with Crippen LogP contribution in [0.2, 0.25) is 0 Å². The fourth-order valence-corrected chi connectivity index (χ4v) is 3.01. The van der Waals surface area contributed by atoms with Gasteiger partial charge in [-0.1, -0.05) is 0 Å². The van der Waals surface area contributed by atoms with E-state index in [1.807, 2.05) is 25.2 Å². The van der Waals surface area contributed by atoms with Gasteiger partial charge in [-0.15, -0.1) is 11.3 Å². The molecule has 0 saturated heterocycles. The van der Waals surface area contributed by atoms with Crippen molar-refractivity contribution >= 4 is 27.3 Å². The molecule has 1 atom stereocenters. The van der Waals surface area contributed by atoms with E-state index in [1.165, 1.54) is 0 Å². The summed E-state index contributed by atoms with van der Waals surface area (Å²) in [5.74, 6) is 0.838. The summed E-state index contributed by atoms with van der Waals surface area (Å²) in [7, 11) is 3.60. The molecule has 0 spiro atoms. The zero-order valence-corrected chi connectivity index (χ0v) is 12.9. The van der Waals surface area contributed by atoms with E-state index >= 15 is 0 Å². The summed E-state index contributed by atoms with van der Waals surface area (Å²) in [6.45, 7) is 2.10. The molecule has 0 radical (unpaired) electrons. The maximum absolute atomic E-state index is 5.19. The first-order valence-corrected chi connectivity index (χ1v) is 7.29. The molecule has 0 aliphatic heterocycles. The summed E-state index contributed by atoms with van der Waals surface area (Å²) < 4.78 is 6.19. The SMILES string of the molecule is CNC(C)c1nc(-c2ccc(OC)cc2Br)cs1. The van der Waals surface area contributed by atoms with Crippen molar-refractivity contribution in [3.8, 4) is 17.0 Å². The normalized spacial score (nSPS) is 12.4. The van der Waals surface area contributed by atoms with Gasteiger partial charge in [0.1, 0.15) is 10.8 Å². The van der Waals surface area contributed by atoms with E-state index < -0.39 is 0 Å². The van der Waals surface area contributed by atoms with Gasteiger partial charge in [0.15, 0.2) is 0 Å². The number of aromatic nitrogens is 1. The molecule has 0 fully saturated rings. The molecule has 1 aromatic heterocycles. The standard InChI is InChI=1S/C13H15BrN2OS/c1-8(15-2)13-16-12(7-18-13)10-5-4-9(17-3)6-11(10)14/h4-8,15H,1-3H3. The molecule has 1 heterocycles. The third-order valence-electron chi connectivity index (χ3n) is 2.78. The minimum Gasteiger partial charge on any atom is -0.497 e. The van der Waals surface area contributed by atoms with Crippen LogP contribution in [0, 0.1) is 0 Å². The van der Waals surface area contributed by atoms with Crippen LogP contribution in [0.4, 0.5) is 0 Å². The van der Waals surface area contributed by atoms with Gasteiger partial charge in [0.2, 0.25) is 0 Å². The largest absolute Gasteiger partial charge is 0.497 e. The van der Waals surface area contributed by atoms with Crippen molar-refractivity contribution in [3.63, 3.8) is 0 Å². The first kappa shape index (κ1) is 13.5. The Balaban J connectivity index is 2.34. The molecule has 2 aromatic rings. The minimum atomic E-state index is 0.278. The summed E-state index contributed by atoms with van der Waals surface area (Å²) in [6.07, 6.45) is 0. The average Bonchev–Trinajstić information content (AvgIpc) is 2.87. The quantitative estimate of drug-likeness (QED) is 0.926. The molecular weight excluding hydrogens is 312 g/mol. The molecule has 5 heteroatoms. The lowest BCUT2D eigenvalue weighted by Gasteiger charge is -2.06. The maximum atomic E-state index is 5.19. The second kappa shape index (κ2) is 5.82. The Hall–Kier alpha value is -0.910. The number of methoxy groups -OCH3 is 1. The predicted molar refractivity (Wildman–Crippen MR) is 79.3 cm³/mol. The van der Waals surface area contributed by atoms with Crippen LogP contribution in [0.25, 0.3) is 11.3 Å². The first-order chi connectivity index (χ1) is 8.65. The van der Waals surface area contributed by atoms with Gasteiger partial charge >= 0.3 is 0 Å². The average molecular weight is 327 g/mol. The van der Waals surface area contributed by atoms with Gasteiger partial charge in [0.05, 0.1) is 18.8 Å². The fraction of sp³-hybridized carbons (Fsp3) is 0.308. The Morgan fingerprint density at radius 2 is 2.22 bits per heavy atom. The Morgan fingerprint density at radius 1 is 1.44 bits per heavy atom. The van der Waals surface area contributed by atoms with Crippen LogP contribution < -0.4 is 10.1 Å². The van der Waals surface area contributed by atoms with E-state index in [-0.39, 0.29) is 6.04 Å². The lowest BCUT2D eigenvalue weighted by Crippen LogP contribution is -2.11. The minimum absolute atomic E-state index is 0.278. The van der Waals surface area contributed by atoms with Crippen LogP contribution in [0.3, 0.4) is 0 Å². The Kier molecular flexibility index (Phi) is 4.37. The van der Waals surface area contributed by atoms with Crippen molar-refractivity contribution in [3.05, 3.63) is 33.1 Å². The molecule has 2 rings (SSSR count). The summed E-state index contributed by atoms with van der Waals surface area (Å²) in [5, 5.41) is 6.37. The van der Waals surface area contributed by atoms with Gasteiger partial charge in [-0.2, -0.15) is 0 Å². The number of nitrogens with zero attached hydrogens (tertiary/aromatic N) is 1. The van der Waals surface area contributed by atoms with Crippen LogP contribution in [0.1, 0.15) is 18.0 Å². The van der Waals surface area contributed by atoms with Gasteiger partial charge in [-0.25, -0.2) is 4.98 Å². The van der Waals surface area contributed by atoms with E-state index in [0.717, 1.165) is 26.5 Å². The van der Waals surface area contributed by atoms with Crippen molar-refractivity contribution in [1.82, 2.24) is 10.3 Å². The van der Waals surface area contributed by atoms with E-state index in [9.17, 15) is 0 Å². The van der Waals surface area contributed by atoms with E-state index in [1.54, 1.807) is 18.4 Å². The lowest BCUT2D eigenvalue weighted by molar-refractivity contribution is 0.414. The second-order valence-electron chi connectivity index (χ2n) is 3.93. The van der Waals surface area contributed by atoms with Gasteiger partial charge in [-0.3, -0.25) is 0 Å². The molecule has 0 aliphatic carbocycles. The monoisotopic (exact) mass is 326 g/mol. The maximum Gasteiger partial charge on any atom is 0.120 e. The summed E-state index contributed by atoms with van der Waals surface area (Å²) in [4.78, 5) is 4.65. The molecule has 1 N–H and O–H groups in total. The molecule has 0 amide bonds. The number of thiazole rings is 1. The number of hydrogen-bond donors (Lipinski definition) is 1. The number of rotatable bonds is 4. The highest BCUT2D eigenvalue weighted by molar-refractivity contribution is 9.10. The van der Waals surface area contributed by atoms with Crippen LogP contribution in [0.5, 0.6) is 5.75 Å². The molecule has 1 aromatic carbocycles. The van der Waals surface area contributed by atoms with E-state index in [2.05, 4.69) is 38.5 Å². The third kappa shape index (κ3) is 2.74. The van der Waals surface area contributed by atoms with Gasteiger partial charge in [0.25, 0.3) is 0 Å². The molecule has 0 aliphatic rings. The highest BCUT2D eigenvalue weighted by Crippen LogP contribution is 2.33. The Bertz CT molecular complexity index is 542. The van der Waals surface area contributed by atoms with E-state index in [0.29, 0.717) is 0 Å². The van der Waals surface area contributed by atoms with Crippen molar-refractivity contribution < 1.29 is 4.74 Å². The highest BCUT2D eigenvalue weighted by Gasteiger charge is 2.12. The van der Waals surface area contributed by atoms with Crippen LogP contribution >= 0.6 is 27.3 Å². The van der Waals surface area contributed by atoms with Crippen molar-refractivity contribution in [2.75, 3.05) is 14.2 Å². The number of ether oxygens (including phenoxy) is 1. The lowest BCUT2D eigenvalue weighted by atomic mass is 10.2.